The smallest absolute Gasteiger partial charge is 0.271 e. The Morgan fingerprint density at radius 3 is 2.70 bits per heavy atom. The molecule has 4 nitrogen and oxygen atoms in total. The number of nitrogens with zero attached hydrogens (tertiary/aromatic N) is 3. The van der Waals surface area contributed by atoms with Crippen LogP contribution in [0.4, 0.5) is 0 Å². The molecule has 0 aromatic heterocycles. The van der Waals surface area contributed by atoms with Gasteiger partial charge < -0.3 is 4.90 Å². The summed E-state index contributed by atoms with van der Waals surface area (Å²) in [7, 11) is 0. The van der Waals surface area contributed by atoms with Gasteiger partial charge >= 0.3 is 0 Å². The molecule has 0 spiro atoms. The zero-order valence-corrected chi connectivity index (χ0v) is 15.2. The minimum Gasteiger partial charge on any atom is -0.327 e. The molecule has 0 unspecified atom stereocenters. The molecule has 4 rings (SSSR count). The average molecular weight is 374 g/mol. The Morgan fingerprint density at radius 1 is 1.07 bits per heavy atom. The van der Waals surface area contributed by atoms with E-state index >= 15 is 0 Å². The number of aliphatic imine (C=N–C) groups is 2. The zero-order valence-electron chi connectivity index (χ0n) is 14.4. The molecule has 0 atom stereocenters. The van der Waals surface area contributed by atoms with Crippen LogP contribution >= 0.6 is 11.6 Å². The van der Waals surface area contributed by atoms with E-state index in [0.717, 1.165) is 16.7 Å². The quantitative estimate of drug-likeness (QED) is 0.725. The molecule has 0 bridgehead atoms. The van der Waals surface area contributed by atoms with Crippen molar-refractivity contribution < 1.29 is 4.79 Å². The van der Waals surface area contributed by atoms with Crippen LogP contribution in [0.5, 0.6) is 0 Å². The van der Waals surface area contributed by atoms with Crippen LogP contribution in [0.25, 0.3) is 6.08 Å². The number of hydrogen-bond donors (Lipinski definition) is 0. The minimum atomic E-state index is -0.352. The lowest BCUT2D eigenvalue weighted by Gasteiger charge is -2.21. The first kappa shape index (κ1) is 17.2. The lowest BCUT2D eigenvalue weighted by atomic mass is 10.1. The fraction of sp³-hybridized carbons (Fsp3) is 0.0455. The van der Waals surface area contributed by atoms with Crippen LogP contribution in [0.15, 0.2) is 94.0 Å². The van der Waals surface area contributed by atoms with E-state index in [4.69, 9.17) is 11.6 Å². The fourth-order valence-corrected chi connectivity index (χ4v) is 3.10. The summed E-state index contributed by atoms with van der Waals surface area (Å²) < 4.78 is 0. The van der Waals surface area contributed by atoms with Gasteiger partial charge in [-0.05, 0) is 29.4 Å². The highest BCUT2D eigenvalue weighted by atomic mass is 35.5. The molecule has 1 amide bonds. The summed E-state index contributed by atoms with van der Waals surface area (Å²) in [5.74, 6) is 0.755. The third kappa shape index (κ3) is 3.96. The number of amides is 1. The molecule has 0 radical (unpaired) electrons. The van der Waals surface area contributed by atoms with Gasteiger partial charge in [0.2, 0.25) is 0 Å². The topological polar surface area (TPSA) is 45.0 Å². The van der Waals surface area contributed by atoms with Crippen molar-refractivity contribution in [3.63, 3.8) is 0 Å². The maximum atomic E-state index is 12.4. The van der Waals surface area contributed by atoms with E-state index in [9.17, 15) is 4.79 Å². The molecule has 27 heavy (non-hydrogen) atoms. The molecule has 2 aliphatic heterocycles. The third-order valence-corrected chi connectivity index (χ3v) is 4.44. The Balaban J connectivity index is 1.70. The predicted molar refractivity (Wildman–Crippen MR) is 110 cm³/mol. The first-order valence-corrected chi connectivity index (χ1v) is 8.92. The number of hydrogen-bond acceptors (Lipinski definition) is 2. The maximum absolute atomic E-state index is 12.4. The van der Waals surface area contributed by atoms with Crippen molar-refractivity contribution in [1.82, 2.24) is 4.90 Å². The molecule has 0 fully saturated rings. The van der Waals surface area contributed by atoms with Crippen LogP contribution in [0.2, 0.25) is 0 Å². The van der Waals surface area contributed by atoms with Crippen LogP contribution in [0.1, 0.15) is 16.7 Å². The summed E-state index contributed by atoms with van der Waals surface area (Å²) in [5.41, 5.74) is 2.82. The van der Waals surface area contributed by atoms with E-state index in [1.807, 2.05) is 71.8 Å². The van der Waals surface area contributed by atoms with Crippen LogP contribution in [0.3, 0.4) is 0 Å². The van der Waals surface area contributed by atoms with Gasteiger partial charge in [0, 0.05) is 24.4 Å². The van der Waals surface area contributed by atoms with E-state index in [2.05, 4.69) is 9.98 Å². The van der Waals surface area contributed by atoms with Gasteiger partial charge in [-0.1, -0.05) is 66.2 Å². The summed E-state index contributed by atoms with van der Waals surface area (Å²) in [5, 5.41) is 0.633. The highest BCUT2D eigenvalue weighted by Crippen LogP contribution is 2.23. The second-order valence-corrected chi connectivity index (χ2v) is 6.56. The monoisotopic (exact) mass is 373 g/mol. The van der Waals surface area contributed by atoms with Crippen molar-refractivity contribution in [1.29, 1.82) is 0 Å². The first-order valence-electron chi connectivity index (χ1n) is 8.54. The predicted octanol–water partition coefficient (Wildman–Crippen LogP) is 4.54. The molecule has 2 aromatic carbocycles. The largest absolute Gasteiger partial charge is 0.327 e. The Hall–Kier alpha value is -3.24. The summed E-state index contributed by atoms with van der Waals surface area (Å²) in [4.78, 5) is 23.2. The van der Waals surface area contributed by atoms with Crippen molar-refractivity contribution in [2.24, 2.45) is 9.98 Å². The number of carbonyl (C=O) groups is 1. The molecule has 0 aliphatic carbocycles. The van der Waals surface area contributed by atoms with E-state index < -0.39 is 0 Å². The first-order chi connectivity index (χ1) is 13.2. The average Bonchev–Trinajstić information content (AvgIpc) is 2.83. The van der Waals surface area contributed by atoms with Gasteiger partial charge in [0.05, 0.1) is 5.03 Å². The summed E-state index contributed by atoms with van der Waals surface area (Å²) in [6.07, 6.45) is 8.64. The van der Waals surface area contributed by atoms with Crippen molar-refractivity contribution in [3.8, 4) is 0 Å². The van der Waals surface area contributed by atoms with Gasteiger partial charge in [-0.3, -0.25) is 4.79 Å². The van der Waals surface area contributed by atoms with Crippen LogP contribution < -0.4 is 0 Å². The molecule has 0 N–H and O–H groups in total. The van der Waals surface area contributed by atoms with Crippen molar-refractivity contribution in [3.05, 3.63) is 101 Å². The summed E-state index contributed by atoms with van der Waals surface area (Å²) >= 11 is 6.12. The number of fused-ring (bicyclic) bond motifs is 2. The number of amidine groups is 2. The highest BCUT2D eigenvalue weighted by molar-refractivity contribution is 6.32. The maximum Gasteiger partial charge on any atom is 0.271 e. The molecule has 2 aromatic rings. The fourth-order valence-electron chi connectivity index (χ4n) is 2.92. The molecular formula is C22H16ClN3O. The van der Waals surface area contributed by atoms with Gasteiger partial charge in [0.25, 0.3) is 5.91 Å². The molecule has 5 heteroatoms. The van der Waals surface area contributed by atoms with Crippen molar-refractivity contribution >= 4 is 35.3 Å². The molecule has 132 valence electrons. The van der Waals surface area contributed by atoms with E-state index in [-0.39, 0.29) is 5.91 Å². The van der Waals surface area contributed by atoms with E-state index in [0.29, 0.717) is 23.2 Å². The van der Waals surface area contributed by atoms with Crippen LogP contribution in [-0.2, 0) is 11.3 Å². The van der Waals surface area contributed by atoms with Gasteiger partial charge in [-0.2, -0.15) is 4.99 Å². The summed E-state index contributed by atoms with van der Waals surface area (Å²) in [6, 6.07) is 17.5. The summed E-state index contributed by atoms with van der Waals surface area (Å²) in [6.45, 7) is 0.614. The van der Waals surface area contributed by atoms with Crippen molar-refractivity contribution in [2.75, 3.05) is 0 Å². The van der Waals surface area contributed by atoms with E-state index in [1.165, 1.54) is 6.08 Å². The second kappa shape index (κ2) is 7.56. The van der Waals surface area contributed by atoms with Gasteiger partial charge in [-0.15, -0.1) is 0 Å². The lowest BCUT2D eigenvalue weighted by Crippen LogP contribution is -2.25. The number of benzene rings is 2. The van der Waals surface area contributed by atoms with Crippen LogP contribution in [-0.4, -0.2) is 22.5 Å². The number of carbonyl (C=O) groups excluding carboxylic acids is 1. The SMILES string of the molecule is O=C(C=Cc1ccccc1)N=C1N=C2C=CC(Cl)=CN2Cc2ccccc21. The third-order valence-electron chi connectivity index (χ3n) is 4.22. The Labute approximate surface area is 162 Å². The molecule has 0 saturated carbocycles. The van der Waals surface area contributed by atoms with Gasteiger partial charge in [0.1, 0.15) is 5.84 Å². The molecular weight excluding hydrogens is 358 g/mol. The van der Waals surface area contributed by atoms with Crippen molar-refractivity contribution in [2.45, 2.75) is 6.54 Å². The minimum absolute atomic E-state index is 0.352. The molecule has 2 aliphatic rings. The Morgan fingerprint density at radius 2 is 1.85 bits per heavy atom. The number of halogens is 1. The number of rotatable bonds is 2. The Kier molecular flexibility index (Phi) is 4.81. The second-order valence-electron chi connectivity index (χ2n) is 6.12. The zero-order chi connectivity index (χ0) is 18.6. The Bertz CT molecular complexity index is 1030. The van der Waals surface area contributed by atoms with Crippen LogP contribution in [0, 0.1) is 0 Å². The van der Waals surface area contributed by atoms with Gasteiger partial charge in [0.15, 0.2) is 5.84 Å². The normalized spacial score (nSPS) is 17.2. The lowest BCUT2D eigenvalue weighted by molar-refractivity contribution is -0.113. The van der Waals surface area contributed by atoms with E-state index in [1.54, 1.807) is 12.2 Å². The highest BCUT2D eigenvalue weighted by Gasteiger charge is 2.21. The van der Waals surface area contributed by atoms with Gasteiger partial charge in [-0.25, -0.2) is 4.99 Å². The molecule has 2 heterocycles. The molecule has 0 saturated heterocycles. The number of allylic oxidation sites excluding steroid dienone is 2. The standard InChI is InChI=1S/C22H16ClN3O/c23-18-11-12-20-24-22(19-9-5-4-8-17(19)14-26(20)15-18)25-21(27)13-10-16-6-2-1-3-7-16/h1-13,15H,14H2.